The highest BCUT2D eigenvalue weighted by Crippen LogP contribution is 2.29. The number of hydrogen-bond acceptors (Lipinski definition) is 2. The zero-order valence-corrected chi connectivity index (χ0v) is 16.7. The van der Waals surface area contributed by atoms with Crippen molar-refractivity contribution < 1.29 is 8.42 Å². The van der Waals surface area contributed by atoms with Gasteiger partial charge in [-0.15, -0.1) is 0 Å². The highest BCUT2D eigenvalue weighted by atomic mass is 32.2. The van der Waals surface area contributed by atoms with Crippen LogP contribution in [0.1, 0.15) is 37.7 Å². The smallest absolute Gasteiger partial charge is 0.240 e. The highest BCUT2D eigenvalue weighted by molar-refractivity contribution is 7.89. The van der Waals surface area contributed by atoms with E-state index in [0.717, 1.165) is 47.8 Å². The van der Waals surface area contributed by atoms with Gasteiger partial charge in [-0.2, -0.15) is 0 Å². The summed E-state index contributed by atoms with van der Waals surface area (Å²) in [6, 6.07) is 15.9. The van der Waals surface area contributed by atoms with E-state index in [9.17, 15) is 8.42 Å². The van der Waals surface area contributed by atoms with E-state index in [-0.39, 0.29) is 6.04 Å². The molecule has 0 unspecified atom stereocenters. The molecule has 0 bridgehead atoms. The minimum absolute atomic E-state index is 0.0679. The molecule has 0 saturated heterocycles. The fraction of sp³-hybridized carbons (Fsp3) is 0.364. The van der Waals surface area contributed by atoms with Gasteiger partial charge in [0.05, 0.1) is 4.90 Å². The van der Waals surface area contributed by atoms with Crippen LogP contribution < -0.4 is 4.72 Å². The topological polar surface area (TPSA) is 51.1 Å². The van der Waals surface area contributed by atoms with Gasteiger partial charge in [-0.25, -0.2) is 13.1 Å². The lowest BCUT2D eigenvalue weighted by Crippen LogP contribution is -2.36. The molecule has 4 nitrogen and oxygen atoms in total. The monoisotopic (exact) mass is 382 g/mol. The first-order valence-corrected chi connectivity index (χ1v) is 11.1. The molecule has 1 aliphatic carbocycles. The Labute approximate surface area is 161 Å². The lowest BCUT2D eigenvalue weighted by Gasteiger charge is -2.22. The predicted octanol–water partition coefficient (Wildman–Crippen LogP) is 4.76. The molecule has 4 rings (SSSR count). The number of rotatable bonds is 4. The summed E-state index contributed by atoms with van der Waals surface area (Å²) in [5, 5.41) is 0.944. The van der Waals surface area contributed by atoms with Crippen molar-refractivity contribution in [3.8, 4) is 11.3 Å². The molecule has 0 atom stereocenters. The van der Waals surface area contributed by atoms with Gasteiger partial charge in [-0.1, -0.05) is 49.1 Å². The lowest BCUT2D eigenvalue weighted by molar-refractivity contribution is 0.412. The molecule has 0 amide bonds. The Balaban J connectivity index is 1.68. The Bertz CT molecular complexity index is 1060. The van der Waals surface area contributed by atoms with Gasteiger partial charge in [0.25, 0.3) is 0 Å². The largest absolute Gasteiger partial charge is 0.344 e. The first-order valence-electron chi connectivity index (χ1n) is 9.63. The van der Waals surface area contributed by atoms with Gasteiger partial charge in [-0.3, -0.25) is 0 Å². The fourth-order valence-corrected chi connectivity index (χ4v) is 5.34. The fourth-order valence-electron chi connectivity index (χ4n) is 4.00. The number of nitrogens with zero attached hydrogens (tertiary/aromatic N) is 1. The summed E-state index contributed by atoms with van der Waals surface area (Å²) < 4.78 is 30.7. The summed E-state index contributed by atoms with van der Waals surface area (Å²) in [6.45, 7) is 2.07. The van der Waals surface area contributed by atoms with Crippen LogP contribution in [0, 0.1) is 6.92 Å². The van der Waals surface area contributed by atoms with E-state index < -0.39 is 10.0 Å². The van der Waals surface area contributed by atoms with Crippen LogP contribution in [0.5, 0.6) is 0 Å². The summed E-state index contributed by atoms with van der Waals surface area (Å²) in [5.74, 6) is 0. The van der Waals surface area contributed by atoms with Crippen LogP contribution in [0.3, 0.4) is 0 Å². The predicted molar refractivity (Wildman–Crippen MR) is 110 cm³/mol. The van der Waals surface area contributed by atoms with Crippen LogP contribution in [0.2, 0.25) is 0 Å². The molecule has 5 heteroatoms. The molecule has 0 radical (unpaired) electrons. The van der Waals surface area contributed by atoms with Gasteiger partial charge in [0.15, 0.2) is 0 Å². The standard InChI is InChI=1S/C22H26N2O2S/c1-16-8-10-17(11-9-16)22-15-18-14-20(12-13-21(18)24(22)2)27(25,26)23-19-6-4-3-5-7-19/h8-15,19,23H,3-7H2,1-2H3. The Morgan fingerprint density at radius 3 is 2.37 bits per heavy atom. The minimum Gasteiger partial charge on any atom is -0.344 e. The molecule has 1 N–H and O–H groups in total. The molecule has 142 valence electrons. The van der Waals surface area contributed by atoms with Gasteiger partial charge in [-0.05, 0) is 49.6 Å². The van der Waals surface area contributed by atoms with Crippen molar-refractivity contribution in [1.82, 2.24) is 9.29 Å². The third-order valence-electron chi connectivity index (χ3n) is 5.60. The zero-order chi connectivity index (χ0) is 19.0. The summed E-state index contributed by atoms with van der Waals surface area (Å²) in [5.41, 5.74) is 4.46. The van der Waals surface area contributed by atoms with Gasteiger partial charge in [0, 0.05) is 29.7 Å². The molecule has 2 aromatic carbocycles. The summed E-state index contributed by atoms with van der Waals surface area (Å²) in [7, 11) is -1.46. The first-order chi connectivity index (χ1) is 12.9. The van der Waals surface area contributed by atoms with Crippen LogP contribution in [0.4, 0.5) is 0 Å². The number of sulfonamides is 1. The zero-order valence-electron chi connectivity index (χ0n) is 15.9. The van der Waals surface area contributed by atoms with E-state index >= 15 is 0 Å². The van der Waals surface area contributed by atoms with Gasteiger partial charge >= 0.3 is 0 Å². The van der Waals surface area contributed by atoms with Gasteiger partial charge < -0.3 is 4.57 Å². The Morgan fingerprint density at radius 1 is 0.963 bits per heavy atom. The summed E-state index contributed by atoms with van der Waals surface area (Å²) >= 11 is 0. The van der Waals surface area contributed by atoms with Gasteiger partial charge in [0.2, 0.25) is 10.0 Å². The maximum Gasteiger partial charge on any atom is 0.240 e. The number of aryl methyl sites for hydroxylation is 2. The van der Waals surface area contributed by atoms with E-state index in [2.05, 4.69) is 46.5 Å². The van der Waals surface area contributed by atoms with E-state index in [0.29, 0.717) is 4.90 Å². The van der Waals surface area contributed by atoms with Crippen molar-refractivity contribution >= 4 is 20.9 Å². The molecular weight excluding hydrogens is 356 g/mol. The second-order valence-corrected chi connectivity index (χ2v) is 9.35. The molecule has 0 spiro atoms. The molecule has 27 heavy (non-hydrogen) atoms. The second kappa shape index (κ2) is 7.13. The van der Waals surface area contributed by atoms with Crippen LogP contribution >= 0.6 is 0 Å². The highest BCUT2D eigenvalue weighted by Gasteiger charge is 2.22. The second-order valence-electron chi connectivity index (χ2n) is 7.63. The van der Waals surface area contributed by atoms with Gasteiger partial charge in [0.1, 0.15) is 0 Å². The Kier molecular flexibility index (Phi) is 4.82. The summed E-state index contributed by atoms with van der Waals surface area (Å²) in [6.07, 6.45) is 5.28. The Morgan fingerprint density at radius 2 is 1.67 bits per heavy atom. The van der Waals surface area contributed by atoms with Crippen molar-refractivity contribution in [3.05, 3.63) is 54.1 Å². The average Bonchev–Trinajstić information content (AvgIpc) is 2.99. The number of benzene rings is 2. The van der Waals surface area contributed by atoms with E-state index in [1.807, 2.05) is 13.1 Å². The Hall–Kier alpha value is -2.11. The molecule has 0 aliphatic heterocycles. The first kappa shape index (κ1) is 18.3. The lowest BCUT2D eigenvalue weighted by atomic mass is 9.96. The maximum absolute atomic E-state index is 12.8. The molecular formula is C22H26N2O2S. The van der Waals surface area contributed by atoms with Crippen LogP contribution in [-0.2, 0) is 17.1 Å². The number of fused-ring (bicyclic) bond motifs is 1. The van der Waals surface area contributed by atoms with Crippen LogP contribution in [0.15, 0.2) is 53.4 Å². The summed E-state index contributed by atoms with van der Waals surface area (Å²) in [4.78, 5) is 0.349. The molecule has 1 heterocycles. The normalized spacial score (nSPS) is 16.1. The third kappa shape index (κ3) is 3.66. The molecule has 1 aliphatic rings. The third-order valence-corrected chi connectivity index (χ3v) is 7.12. The quantitative estimate of drug-likeness (QED) is 0.707. The van der Waals surface area contributed by atoms with Crippen LogP contribution in [0.25, 0.3) is 22.2 Å². The molecule has 1 saturated carbocycles. The minimum atomic E-state index is -3.48. The van der Waals surface area contributed by atoms with Crippen molar-refractivity contribution in [3.63, 3.8) is 0 Å². The molecule has 1 fully saturated rings. The van der Waals surface area contributed by atoms with Crippen LogP contribution in [-0.4, -0.2) is 19.0 Å². The molecule has 1 aromatic heterocycles. The van der Waals surface area contributed by atoms with Crippen molar-refractivity contribution in [2.45, 2.75) is 50.0 Å². The SMILES string of the molecule is Cc1ccc(-c2cc3cc(S(=O)(=O)NC4CCCCC4)ccc3n2C)cc1. The maximum atomic E-state index is 12.8. The van der Waals surface area contributed by atoms with E-state index in [1.165, 1.54) is 12.0 Å². The number of hydrogen-bond donors (Lipinski definition) is 1. The van der Waals surface area contributed by atoms with Crippen molar-refractivity contribution in [1.29, 1.82) is 0 Å². The average molecular weight is 383 g/mol. The number of nitrogens with one attached hydrogen (secondary N) is 1. The van der Waals surface area contributed by atoms with E-state index in [1.54, 1.807) is 12.1 Å². The van der Waals surface area contributed by atoms with Crippen molar-refractivity contribution in [2.75, 3.05) is 0 Å². The number of aromatic nitrogens is 1. The van der Waals surface area contributed by atoms with Crippen molar-refractivity contribution in [2.24, 2.45) is 7.05 Å². The van der Waals surface area contributed by atoms with E-state index in [4.69, 9.17) is 0 Å². The molecule has 3 aromatic rings.